The second-order valence-electron chi connectivity index (χ2n) is 5.50. The predicted octanol–water partition coefficient (Wildman–Crippen LogP) is 2.76. The summed E-state index contributed by atoms with van der Waals surface area (Å²) in [6.45, 7) is 5.17. The van der Waals surface area contributed by atoms with Crippen LogP contribution in [0.25, 0.3) is 5.82 Å². The molecule has 124 valence electrons. The van der Waals surface area contributed by atoms with E-state index in [0.29, 0.717) is 22.8 Å². The van der Waals surface area contributed by atoms with Gasteiger partial charge in [-0.05, 0) is 39.0 Å². The van der Waals surface area contributed by atoms with Gasteiger partial charge >= 0.3 is 5.97 Å². The zero-order valence-corrected chi connectivity index (χ0v) is 13.6. The van der Waals surface area contributed by atoms with E-state index in [0.717, 1.165) is 11.4 Å². The number of rotatable bonds is 5. The minimum atomic E-state index is -0.561. The number of Topliss-reactive ketones (excluding diaryl/α,β-unsaturated/α-hetero) is 1. The van der Waals surface area contributed by atoms with Crippen LogP contribution in [0.4, 0.5) is 0 Å². The van der Waals surface area contributed by atoms with Crippen molar-refractivity contribution in [1.29, 1.82) is 0 Å². The van der Waals surface area contributed by atoms with Gasteiger partial charge in [0.05, 0.1) is 0 Å². The van der Waals surface area contributed by atoms with Crippen LogP contribution in [-0.4, -0.2) is 33.1 Å². The summed E-state index contributed by atoms with van der Waals surface area (Å²) in [4.78, 5) is 26.9. The van der Waals surface area contributed by atoms with Crippen molar-refractivity contribution < 1.29 is 18.8 Å². The average molecular weight is 327 g/mol. The van der Waals surface area contributed by atoms with E-state index in [1.807, 2.05) is 18.4 Å². The lowest BCUT2D eigenvalue weighted by Gasteiger charge is -2.05. The van der Waals surface area contributed by atoms with E-state index in [1.165, 1.54) is 0 Å². The van der Waals surface area contributed by atoms with Gasteiger partial charge in [0.2, 0.25) is 5.78 Å². The molecule has 0 aromatic carbocycles. The van der Waals surface area contributed by atoms with Gasteiger partial charge in [0, 0.05) is 29.2 Å². The lowest BCUT2D eigenvalue weighted by atomic mass is 10.1. The molecule has 24 heavy (non-hydrogen) atoms. The average Bonchev–Trinajstić information content (AvgIpc) is 3.26. The van der Waals surface area contributed by atoms with Gasteiger partial charge in [0.25, 0.3) is 0 Å². The summed E-state index contributed by atoms with van der Waals surface area (Å²) in [5.74, 6) is 0.471. The van der Waals surface area contributed by atoms with Crippen LogP contribution in [0.1, 0.15) is 38.0 Å². The molecule has 0 fully saturated rings. The summed E-state index contributed by atoms with van der Waals surface area (Å²) in [5, 5.41) is 3.98. The Morgan fingerprint density at radius 2 is 2.08 bits per heavy atom. The fraction of sp³-hybridized carbons (Fsp3) is 0.235. The number of hydrogen-bond donors (Lipinski definition) is 1. The molecule has 0 aliphatic rings. The molecule has 7 heteroatoms. The van der Waals surface area contributed by atoms with Crippen molar-refractivity contribution >= 4 is 11.8 Å². The summed E-state index contributed by atoms with van der Waals surface area (Å²) in [5.41, 5.74) is 2.38. The van der Waals surface area contributed by atoms with Crippen LogP contribution in [0.15, 0.2) is 35.0 Å². The van der Waals surface area contributed by atoms with Crippen LogP contribution < -0.4 is 0 Å². The molecule has 0 spiro atoms. The number of aromatic nitrogens is 3. The van der Waals surface area contributed by atoms with Gasteiger partial charge in [-0.25, -0.2) is 4.79 Å². The van der Waals surface area contributed by atoms with Gasteiger partial charge in [0.15, 0.2) is 12.4 Å². The van der Waals surface area contributed by atoms with Gasteiger partial charge in [-0.2, -0.15) is 0 Å². The number of carbonyl (C=O) groups excluding carboxylic acids is 2. The highest BCUT2D eigenvalue weighted by Gasteiger charge is 2.20. The van der Waals surface area contributed by atoms with Crippen LogP contribution in [0.3, 0.4) is 0 Å². The maximum absolute atomic E-state index is 12.4. The molecule has 0 amide bonds. The van der Waals surface area contributed by atoms with Gasteiger partial charge < -0.3 is 14.2 Å². The Labute approximate surface area is 138 Å². The number of nitrogens with one attached hydrogen (secondary N) is 1. The van der Waals surface area contributed by atoms with Crippen molar-refractivity contribution in [1.82, 2.24) is 14.7 Å². The Hall–Kier alpha value is -3.09. The third kappa shape index (κ3) is 2.88. The number of H-pyrrole nitrogens is 1. The van der Waals surface area contributed by atoms with Crippen LogP contribution in [-0.2, 0) is 4.74 Å². The van der Waals surface area contributed by atoms with Crippen molar-refractivity contribution in [2.75, 3.05) is 6.61 Å². The van der Waals surface area contributed by atoms with Gasteiger partial charge in [-0.15, -0.1) is 0 Å². The van der Waals surface area contributed by atoms with E-state index >= 15 is 0 Å². The molecule has 0 aliphatic carbocycles. The highest BCUT2D eigenvalue weighted by atomic mass is 16.5. The Kier molecular flexibility index (Phi) is 4.07. The Bertz CT molecular complexity index is 887. The van der Waals surface area contributed by atoms with E-state index < -0.39 is 5.97 Å². The Morgan fingerprint density at radius 1 is 1.29 bits per heavy atom. The largest absolute Gasteiger partial charge is 0.453 e. The van der Waals surface area contributed by atoms with Crippen LogP contribution >= 0.6 is 0 Å². The smallest absolute Gasteiger partial charge is 0.355 e. The quantitative estimate of drug-likeness (QED) is 0.575. The molecule has 0 saturated heterocycles. The molecular weight excluding hydrogens is 310 g/mol. The van der Waals surface area contributed by atoms with Crippen LogP contribution in [0.5, 0.6) is 0 Å². The number of ether oxygens (including phenoxy) is 1. The lowest BCUT2D eigenvalue weighted by molar-refractivity contribution is 0.0469. The summed E-state index contributed by atoms with van der Waals surface area (Å²) in [7, 11) is 0. The van der Waals surface area contributed by atoms with Crippen molar-refractivity contribution in [2.24, 2.45) is 0 Å². The first-order valence-electron chi connectivity index (χ1n) is 7.43. The zero-order chi connectivity index (χ0) is 17.3. The summed E-state index contributed by atoms with van der Waals surface area (Å²) in [6, 6.07) is 6.82. The molecule has 3 aromatic rings. The first-order valence-corrected chi connectivity index (χ1v) is 7.43. The highest BCUT2D eigenvalue weighted by Crippen LogP contribution is 2.21. The van der Waals surface area contributed by atoms with Gasteiger partial charge in [-0.1, -0.05) is 5.16 Å². The molecule has 0 radical (unpaired) electrons. The monoisotopic (exact) mass is 327 g/mol. The van der Waals surface area contributed by atoms with E-state index in [2.05, 4.69) is 10.1 Å². The normalized spacial score (nSPS) is 10.8. The summed E-state index contributed by atoms with van der Waals surface area (Å²) in [6.07, 6.45) is 1.62. The van der Waals surface area contributed by atoms with E-state index in [9.17, 15) is 9.59 Å². The topological polar surface area (TPSA) is 90.1 Å². The molecular formula is C17H17N3O4. The number of aromatic amines is 1. The first kappa shape index (κ1) is 15.8. The standard InChI is InChI=1S/C17H17N3O4/c1-10-7-13(12(3)20(10)16-8-11(2)24-19-16)15(21)9-23-17(22)14-5-4-6-18-14/h4-8,18H,9H2,1-3H3. The second kappa shape index (κ2) is 6.19. The van der Waals surface area contributed by atoms with E-state index in [4.69, 9.17) is 9.26 Å². The molecule has 0 bridgehead atoms. The van der Waals surface area contributed by atoms with Crippen LogP contribution in [0.2, 0.25) is 0 Å². The lowest BCUT2D eigenvalue weighted by Crippen LogP contribution is -2.15. The van der Waals surface area contributed by atoms with Crippen LogP contribution in [0, 0.1) is 20.8 Å². The molecule has 3 rings (SSSR count). The molecule has 1 N–H and O–H groups in total. The van der Waals surface area contributed by atoms with Crippen molar-refractivity contribution in [3.05, 3.63) is 58.9 Å². The number of aryl methyl sites for hydroxylation is 2. The zero-order valence-electron chi connectivity index (χ0n) is 13.6. The first-order chi connectivity index (χ1) is 11.5. The number of carbonyl (C=O) groups is 2. The molecule has 3 aromatic heterocycles. The summed E-state index contributed by atoms with van der Waals surface area (Å²) >= 11 is 0. The molecule has 0 aliphatic heterocycles. The third-order valence-electron chi connectivity index (χ3n) is 3.73. The number of ketones is 1. The predicted molar refractivity (Wildman–Crippen MR) is 85.4 cm³/mol. The number of nitrogens with zero attached hydrogens (tertiary/aromatic N) is 2. The molecule has 0 saturated carbocycles. The molecule has 0 atom stereocenters. The summed E-state index contributed by atoms with van der Waals surface area (Å²) < 4.78 is 12.0. The van der Waals surface area contributed by atoms with Gasteiger partial charge in [-0.3, -0.25) is 9.36 Å². The highest BCUT2D eigenvalue weighted by molar-refractivity contribution is 6.00. The third-order valence-corrected chi connectivity index (χ3v) is 3.73. The van der Waals surface area contributed by atoms with Crippen molar-refractivity contribution in [3.63, 3.8) is 0 Å². The van der Waals surface area contributed by atoms with Crippen molar-refractivity contribution in [2.45, 2.75) is 20.8 Å². The fourth-order valence-electron chi connectivity index (χ4n) is 2.60. The van der Waals surface area contributed by atoms with E-state index in [-0.39, 0.29) is 12.4 Å². The van der Waals surface area contributed by atoms with Gasteiger partial charge in [0.1, 0.15) is 11.5 Å². The maximum Gasteiger partial charge on any atom is 0.355 e. The molecule has 7 nitrogen and oxygen atoms in total. The fourth-order valence-corrected chi connectivity index (χ4v) is 2.60. The number of esters is 1. The SMILES string of the molecule is Cc1cc(-n2c(C)cc(C(=O)COC(=O)c3ccc[nH]3)c2C)no1. The second-order valence-corrected chi connectivity index (χ2v) is 5.50. The maximum atomic E-state index is 12.4. The van der Waals surface area contributed by atoms with Crippen molar-refractivity contribution in [3.8, 4) is 5.82 Å². The Morgan fingerprint density at radius 3 is 2.71 bits per heavy atom. The molecule has 0 unspecified atom stereocenters. The number of hydrogen-bond acceptors (Lipinski definition) is 5. The minimum absolute atomic E-state index is 0.269. The minimum Gasteiger partial charge on any atom is -0.453 e. The Balaban J connectivity index is 1.77. The van der Waals surface area contributed by atoms with E-state index in [1.54, 1.807) is 37.4 Å². The molecule has 3 heterocycles.